The third kappa shape index (κ3) is 3.31. The number of carboxylic acid groups (broad SMARTS) is 1. The first-order valence-electron chi connectivity index (χ1n) is 5.77. The van der Waals surface area contributed by atoms with Crippen LogP contribution in [-0.2, 0) is 19.9 Å². The van der Waals surface area contributed by atoms with E-state index in [0.717, 1.165) is 4.31 Å². The molecular formula is C10H21NO5SSi. The Bertz CT molecular complexity index is 355. The third-order valence-corrected chi connectivity index (χ3v) is 9.10. The van der Waals surface area contributed by atoms with Crippen LogP contribution in [0.25, 0.3) is 0 Å². The quantitative estimate of drug-likeness (QED) is 0.806. The Morgan fingerprint density at radius 3 is 2.56 bits per heavy atom. The van der Waals surface area contributed by atoms with Gasteiger partial charge in [-0.3, -0.25) is 4.18 Å². The van der Waals surface area contributed by atoms with E-state index < -0.39 is 31.7 Å². The van der Waals surface area contributed by atoms with Crippen LogP contribution in [0.1, 0.15) is 20.8 Å². The molecule has 6 nitrogen and oxygen atoms in total. The summed E-state index contributed by atoms with van der Waals surface area (Å²) in [5.41, 5.74) is 0. The van der Waals surface area contributed by atoms with E-state index in [1.807, 2.05) is 0 Å². The summed E-state index contributed by atoms with van der Waals surface area (Å²) in [6.07, 6.45) is -1.24. The van der Waals surface area contributed by atoms with Gasteiger partial charge in [-0.25, -0.2) is 9.00 Å². The first-order valence-corrected chi connectivity index (χ1v) is 9.71. The summed E-state index contributed by atoms with van der Waals surface area (Å²) in [5.74, 6) is 0. The highest BCUT2D eigenvalue weighted by molar-refractivity contribution is 7.78. The lowest BCUT2D eigenvalue weighted by atomic mass is 10.2. The van der Waals surface area contributed by atoms with Crippen LogP contribution in [-0.4, -0.2) is 47.3 Å². The van der Waals surface area contributed by atoms with Gasteiger partial charge in [0, 0.05) is 0 Å². The maximum Gasteiger partial charge on any atom is 0.421 e. The molecule has 1 fully saturated rings. The van der Waals surface area contributed by atoms with Crippen LogP contribution < -0.4 is 0 Å². The van der Waals surface area contributed by atoms with Crippen molar-refractivity contribution in [3.8, 4) is 0 Å². The molecule has 1 N–H and O–H groups in total. The monoisotopic (exact) mass is 295 g/mol. The van der Waals surface area contributed by atoms with Crippen LogP contribution in [0.2, 0.25) is 18.1 Å². The zero-order valence-corrected chi connectivity index (χ0v) is 13.2. The third-order valence-electron chi connectivity index (χ3n) is 3.48. The van der Waals surface area contributed by atoms with Gasteiger partial charge in [0.25, 0.3) is 11.3 Å². The van der Waals surface area contributed by atoms with Gasteiger partial charge in [-0.15, -0.1) is 0 Å². The lowest BCUT2D eigenvalue weighted by Crippen LogP contribution is -2.46. The van der Waals surface area contributed by atoms with E-state index in [1.54, 1.807) is 0 Å². The maximum atomic E-state index is 11.3. The fourth-order valence-corrected chi connectivity index (χ4v) is 3.16. The SMILES string of the molecule is CC(C)(C)[Si](C)(C)OCC1COS(=O)N1C(=O)O. The predicted octanol–water partition coefficient (Wildman–Crippen LogP) is 1.97. The minimum Gasteiger partial charge on any atom is -0.464 e. The first-order chi connectivity index (χ1) is 8.06. The van der Waals surface area contributed by atoms with Crippen LogP contribution >= 0.6 is 0 Å². The highest BCUT2D eigenvalue weighted by Crippen LogP contribution is 2.36. The van der Waals surface area contributed by atoms with E-state index in [9.17, 15) is 9.00 Å². The molecule has 0 spiro atoms. The van der Waals surface area contributed by atoms with Gasteiger partial charge in [-0.2, -0.15) is 4.31 Å². The molecule has 2 unspecified atom stereocenters. The Morgan fingerprint density at radius 1 is 1.56 bits per heavy atom. The summed E-state index contributed by atoms with van der Waals surface area (Å²) in [6, 6.07) is -0.488. The summed E-state index contributed by atoms with van der Waals surface area (Å²) in [5, 5.41) is 9.01. The highest BCUT2D eigenvalue weighted by Gasteiger charge is 2.41. The molecule has 1 rings (SSSR count). The first kappa shape index (κ1) is 15.6. The predicted molar refractivity (Wildman–Crippen MR) is 70.9 cm³/mol. The molecule has 1 saturated heterocycles. The lowest BCUT2D eigenvalue weighted by molar-refractivity contribution is 0.145. The van der Waals surface area contributed by atoms with Crippen molar-refractivity contribution >= 4 is 25.7 Å². The number of rotatable bonds is 3. The van der Waals surface area contributed by atoms with Crippen LogP contribution in [0.15, 0.2) is 0 Å². The second-order valence-corrected chi connectivity index (χ2v) is 11.7. The highest BCUT2D eigenvalue weighted by atomic mass is 32.2. The molecule has 1 aliphatic heterocycles. The van der Waals surface area contributed by atoms with E-state index in [2.05, 4.69) is 33.9 Å². The van der Waals surface area contributed by atoms with Gasteiger partial charge < -0.3 is 9.53 Å². The molecule has 0 bridgehead atoms. The second kappa shape index (κ2) is 5.28. The zero-order valence-electron chi connectivity index (χ0n) is 11.4. The average molecular weight is 295 g/mol. The van der Waals surface area contributed by atoms with Crippen LogP contribution in [0.4, 0.5) is 4.79 Å². The van der Waals surface area contributed by atoms with Gasteiger partial charge in [-0.05, 0) is 18.1 Å². The minimum atomic E-state index is -1.93. The smallest absolute Gasteiger partial charge is 0.421 e. The van der Waals surface area contributed by atoms with E-state index in [1.165, 1.54) is 0 Å². The average Bonchev–Trinajstić information content (AvgIpc) is 2.55. The summed E-state index contributed by atoms with van der Waals surface area (Å²) in [6.45, 7) is 10.9. The van der Waals surface area contributed by atoms with Gasteiger partial charge in [0.1, 0.15) is 0 Å². The van der Waals surface area contributed by atoms with E-state index in [0.29, 0.717) is 0 Å². The summed E-state index contributed by atoms with van der Waals surface area (Å²) in [4.78, 5) is 11.0. The molecule has 0 aliphatic carbocycles. The number of hydrogen-bond acceptors (Lipinski definition) is 4. The van der Waals surface area contributed by atoms with Gasteiger partial charge in [-0.1, -0.05) is 20.8 Å². The molecule has 0 aromatic heterocycles. The number of carbonyl (C=O) groups is 1. The lowest BCUT2D eigenvalue weighted by Gasteiger charge is -2.37. The number of amides is 1. The number of nitrogens with zero attached hydrogens (tertiary/aromatic N) is 1. The molecule has 8 heteroatoms. The Morgan fingerprint density at radius 2 is 2.11 bits per heavy atom. The summed E-state index contributed by atoms with van der Waals surface area (Å²) < 4.78 is 22.9. The molecule has 106 valence electrons. The van der Waals surface area contributed by atoms with Crippen molar-refractivity contribution in [3.63, 3.8) is 0 Å². The second-order valence-electron chi connectivity index (χ2n) is 5.84. The molecule has 1 amide bonds. The van der Waals surface area contributed by atoms with E-state index >= 15 is 0 Å². The van der Waals surface area contributed by atoms with Gasteiger partial charge in [0.2, 0.25) is 0 Å². The van der Waals surface area contributed by atoms with Crippen LogP contribution in [0.3, 0.4) is 0 Å². The van der Waals surface area contributed by atoms with Crippen molar-refractivity contribution in [1.82, 2.24) is 4.31 Å². The molecule has 0 saturated carbocycles. The van der Waals surface area contributed by atoms with Gasteiger partial charge in [0.05, 0.1) is 19.3 Å². The van der Waals surface area contributed by atoms with Crippen LogP contribution in [0.5, 0.6) is 0 Å². The molecule has 18 heavy (non-hydrogen) atoms. The van der Waals surface area contributed by atoms with Gasteiger partial charge in [0.15, 0.2) is 8.32 Å². The van der Waals surface area contributed by atoms with E-state index in [4.69, 9.17) is 13.7 Å². The Hall–Kier alpha value is -0.443. The molecular weight excluding hydrogens is 274 g/mol. The van der Waals surface area contributed by atoms with Crippen molar-refractivity contribution < 1.29 is 22.7 Å². The minimum absolute atomic E-state index is 0.0552. The number of hydrogen-bond donors (Lipinski definition) is 1. The zero-order chi connectivity index (χ0) is 14.1. The fraction of sp³-hybridized carbons (Fsp3) is 0.900. The normalized spacial score (nSPS) is 25.5. The van der Waals surface area contributed by atoms with Crippen LogP contribution in [0, 0.1) is 0 Å². The van der Waals surface area contributed by atoms with Crippen molar-refractivity contribution in [3.05, 3.63) is 0 Å². The molecule has 0 aromatic carbocycles. The molecule has 0 radical (unpaired) electrons. The molecule has 1 aliphatic rings. The van der Waals surface area contributed by atoms with E-state index in [-0.39, 0.29) is 18.3 Å². The van der Waals surface area contributed by atoms with Crippen molar-refractivity contribution in [2.75, 3.05) is 13.2 Å². The topological polar surface area (TPSA) is 76.1 Å². The Labute approximate surface area is 111 Å². The van der Waals surface area contributed by atoms with Gasteiger partial charge >= 0.3 is 6.09 Å². The molecule has 2 atom stereocenters. The Kier molecular flexibility index (Phi) is 4.58. The summed E-state index contributed by atoms with van der Waals surface area (Å²) in [7, 11) is -1.93. The van der Waals surface area contributed by atoms with Crippen molar-refractivity contribution in [2.24, 2.45) is 0 Å². The Balaban J connectivity index is 2.64. The summed E-state index contributed by atoms with van der Waals surface area (Å²) >= 11 is -1.90. The standard InChI is InChI=1S/C10H21NO5SSi/c1-10(2,3)18(4,5)16-7-8-6-15-17(14)11(8)9(12)13/h8H,6-7H2,1-5H3,(H,12,13). The molecule has 1 heterocycles. The van der Waals surface area contributed by atoms with Crippen molar-refractivity contribution in [1.29, 1.82) is 0 Å². The molecule has 0 aromatic rings. The maximum absolute atomic E-state index is 11.3. The largest absolute Gasteiger partial charge is 0.464 e. The fourth-order valence-electron chi connectivity index (χ4n) is 1.24. The van der Waals surface area contributed by atoms with Crippen molar-refractivity contribution in [2.45, 2.75) is 44.9 Å².